The molecule has 4 rings (SSSR count). The van der Waals surface area contributed by atoms with Crippen LogP contribution in [0.5, 0.6) is 0 Å². The van der Waals surface area contributed by atoms with Crippen LogP contribution < -0.4 is 4.90 Å². The molecular weight excluding hydrogens is 378 g/mol. The molecule has 30 heavy (non-hydrogen) atoms. The van der Waals surface area contributed by atoms with Crippen molar-refractivity contribution in [1.82, 2.24) is 14.8 Å². The van der Waals surface area contributed by atoms with Gasteiger partial charge in [0.15, 0.2) is 0 Å². The predicted octanol–water partition coefficient (Wildman–Crippen LogP) is 2.27. The minimum Gasteiger partial charge on any atom is -0.373 e. The van der Waals surface area contributed by atoms with E-state index < -0.39 is 0 Å². The van der Waals surface area contributed by atoms with Crippen LogP contribution >= 0.6 is 0 Å². The van der Waals surface area contributed by atoms with Gasteiger partial charge >= 0.3 is 0 Å². The Kier molecular flexibility index (Phi) is 6.55. The highest BCUT2D eigenvalue weighted by Gasteiger charge is 2.34. The molecule has 0 spiro atoms. The lowest BCUT2D eigenvalue weighted by molar-refractivity contribution is -0.139. The standard InChI is InChI=1S/C23H33N5O2/c1-17-15-28(16-18(2)30-17)21-7-11-27(12-8-21)23(29)20-5-9-26(10-6-20)22-4-3-19(13-24)14-25-22/h3-4,14,17-18,20-21H,5-12,15-16H2,1-2H3/t17-,18-/m1/s1. The first kappa shape index (κ1) is 21.1. The van der Waals surface area contributed by atoms with E-state index in [0.717, 1.165) is 70.8 Å². The molecule has 7 nitrogen and oxygen atoms in total. The highest BCUT2D eigenvalue weighted by Crippen LogP contribution is 2.26. The number of carbonyl (C=O) groups excluding carboxylic acids is 1. The van der Waals surface area contributed by atoms with Gasteiger partial charge in [0.25, 0.3) is 0 Å². The maximum Gasteiger partial charge on any atom is 0.225 e. The maximum absolute atomic E-state index is 13.1. The molecule has 0 aromatic carbocycles. The molecule has 3 fully saturated rings. The summed E-state index contributed by atoms with van der Waals surface area (Å²) in [7, 11) is 0. The van der Waals surface area contributed by atoms with E-state index in [-0.39, 0.29) is 5.92 Å². The molecule has 1 aromatic rings. The third-order valence-electron chi connectivity index (χ3n) is 6.79. The summed E-state index contributed by atoms with van der Waals surface area (Å²) in [4.78, 5) is 24.4. The van der Waals surface area contributed by atoms with Crippen LogP contribution in [0, 0.1) is 17.2 Å². The third kappa shape index (κ3) is 4.76. The molecule has 3 aliphatic heterocycles. The molecule has 1 amide bonds. The molecule has 3 aliphatic rings. The van der Waals surface area contributed by atoms with Gasteiger partial charge in [0, 0.05) is 57.4 Å². The number of amides is 1. The lowest BCUT2D eigenvalue weighted by Crippen LogP contribution is -2.54. The number of ether oxygens (including phenoxy) is 1. The first-order valence-electron chi connectivity index (χ1n) is 11.3. The molecular formula is C23H33N5O2. The molecule has 0 unspecified atom stereocenters. The van der Waals surface area contributed by atoms with Crippen molar-refractivity contribution >= 4 is 11.7 Å². The Hall–Kier alpha value is -2.17. The quantitative estimate of drug-likeness (QED) is 0.760. The number of rotatable bonds is 3. The van der Waals surface area contributed by atoms with Crippen molar-refractivity contribution in [3.05, 3.63) is 23.9 Å². The second-order valence-electron chi connectivity index (χ2n) is 9.05. The molecule has 1 aromatic heterocycles. The number of hydrogen-bond acceptors (Lipinski definition) is 6. The first-order valence-corrected chi connectivity index (χ1v) is 11.3. The van der Waals surface area contributed by atoms with E-state index in [0.29, 0.717) is 29.7 Å². The maximum atomic E-state index is 13.1. The topological polar surface area (TPSA) is 72.7 Å². The van der Waals surface area contributed by atoms with Crippen molar-refractivity contribution in [2.24, 2.45) is 5.92 Å². The van der Waals surface area contributed by atoms with Crippen molar-refractivity contribution in [2.45, 2.75) is 57.8 Å². The van der Waals surface area contributed by atoms with E-state index in [1.807, 2.05) is 6.07 Å². The van der Waals surface area contributed by atoms with E-state index in [9.17, 15) is 4.79 Å². The van der Waals surface area contributed by atoms with Crippen molar-refractivity contribution in [3.8, 4) is 6.07 Å². The molecule has 3 saturated heterocycles. The number of hydrogen-bond donors (Lipinski definition) is 0. The second-order valence-corrected chi connectivity index (χ2v) is 9.05. The van der Waals surface area contributed by atoms with Gasteiger partial charge in [-0.25, -0.2) is 4.98 Å². The summed E-state index contributed by atoms with van der Waals surface area (Å²) in [6, 6.07) is 6.39. The van der Waals surface area contributed by atoms with Gasteiger partial charge in [-0.2, -0.15) is 5.26 Å². The Bertz CT molecular complexity index is 751. The van der Waals surface area contributed by atoms with E-state index >= 15 is 0 Å². The highest BCUT2D eigenvalue weighted by molar-refractivity contribution is 5.79. The zero-order valence-corrected chi connectivity index (χ0v) is 18.2. The summed E-state index contributed by atoms with van der Waals surface area (Å²) in [5, 5.41) is 8.92. The monoisotopic (exact) mass is 411 g/mol. The largest absolute Gasteiger partial charge is 0.373 e. The summed E-state index contributed by atoms with van der Waals surface area (Å²) in [6.07, 6.45) is 6.09. The van der Waals surface area contributed by atoms with Gasteiger partial charge in [0.2, 0.25) is 5.91 Å². The van der Waals surface area contributed by atoms with E-state index in [4.69, 9.17) is 10.00 Å². The fourth-order valence-electron chi connectivity index (χ4n) is 5.22. The fourth-order valence-corrected chi connectivity index (χ4v) is 5.22. The van der Waals surface area contributed by atoms with Crippen LogP contribution in [0.2, 0.25) is 0 Å². The summed E-state index contributed by atoms with van der Waals surface area (Å²) in [5.41, 5.74) is 0.577. The zero-order chi connectivity index (χ0) is 21.1. The van der Waals surface area contributed by atoms with E-state index in [1.165, 1.54) is 0 Å². The van der Waals surface area contributed by atoms with Gasteiger partial charge in [-0.05, 0) is 51.7 Å². The minimum absolute atomic E-state index is 0.125. The Labute approximate surface area is 179 Å². The van der Waals surface area contributed by atoms with Crippen molar-refractivity contribution in [1.29, 1.82) is 5.26 Å². The summed E-state index contributed by atoms with van der Waals surface area (Å²) in [6.45, 7) is 9.75. The van der Waals surface area contributed by atoms with Crippen molar-refractivity contribution in [2.75, 3.05) is 44.2 Å². The average molecular weight is 412 g/mol. The van der Waals surface area contributed by atoms with Crippen LogP contribution in [0.3, 0.4) is 0 Å². The van der Waals surface area contributed by atoms with Crippen LogP contribution in [0.4, 0.5) is 5.82 Å². The number of piperidine rings is 2. The van der Waals surface area contributed by atoms with Crippen LogP contribution in [0.25, 0.3) is 0 Å². The molecule has 2 atom stereocenters. The second kappa shape index (κ2) is 9.32. The van der Waals surface area contributed by atoms with Crippen LogP contribution in [-0.2, 0) is 9.53 Å². The van der Waals surface area contributed by atoms with Crippen LogP contribution in [-0.4, -0.2) is 78.2 Å². The molecule has 0 N–H and O–H groups in total. The summed E-state index contributed by atoms with van der Waals surface area (Å²) in [5.74, 6) is 1.36. The molecule has 4 heterocycles. The number of nitriles is 1. The lowest BCUT2D eigenvalue weighted by Gasteiger charge is -2.44. The highest BCUT2D eigenvalue weighted by atomic mass is 16.5. The zero-order valence-electron chi connectivity index (χ0n) is 18.2. The van der Waals surface area contributed by atoms with Crippen LogP contribution in [0.1, 0.15) is 45.1 Å². The average Bonchev–Trinajstić information content (AvgIpc) is 2.78. The van der Waals surface area contributed by atoms with Gasteiger partial charge in [0.1, 0.15) is 11.9 Å². The minimum atomic E-state index is 0.125. The van der Waals surface area contributed by atoms with Gasteiger partial charge in [-0.3, -0.25) is 9.69 Å². The van der Waals surface area contributed by atoms with E-state index in [2.05, 4.69) is 39.6 Å². The Morgan fingerprint density at radius 2 is 1.73 bits per heavy atom. The Morgan fingerprint density at radius 1 is 1.07 bits per heavy atom. The normalized spacial score (nSPS) is 27.1. The number of pyridine rings is 1. The molecule has 0 aliphatic carbocycles. The van der Waals surface area contributed by atoms with Gasteiger partial charge in [-0.1, -0.05) is 0 Å². The van der Waals surface area contributed by atoms with Gasteiger partial charge in [0.05, 0.1) is 17.8 Å². The number of aromatic nitrogens is 1. The van der Waals surface area contributed by atoms with Gasteiger partial charge in [-0.15, -0.1) is 0 Å². The summed E-state index contributed by atoms with van der Waals surface area (Å²) >= 11 is 0. The van der Waals surface area contributed by atoms with Gasteiger partial charge < -0.3 is 14.5 Å². The SMILES string of the molecule is C[C@@H]1CN(C2CCN(C(=O)C3CCN(c4ccc(C#N)cn4)CC3)CC2)C[C@@H](C)O1. The number of anilines is 1. The fraction of sp³-hybridized carbons (Fsp3) is 0.696. The number of morpholine rings is 1. The van der Waals surface area contributed by atoms with Crippen LogP contribution in [0.15, 0.2) is 18.3 Å². The molecule has 7 heteroatoms. The molecule has 0 saturated carbocycles. The number of nitrogens with zero attached hydrogens (tertiary/aromatic N) is 5. The summed E-state index contributed by atoms with van der Waals surface area (Å²) < 4.78 is 5.87. The van der Waals surface area contributed by atoms with Crippen molar-refractivity contribution in [3.63, 3.8) is 0 Å². The van der Waals surface area contributed by atoms with E-state index in [1.54, 1.807) is 12.3 Å². The number of likely N-dealkylation sites (tertiary alicyclic amines) is 1. The Morgan fingerprint density at radius 3 is 2.30 bits per heavy atom. The lowest BCUT2D eigenvalue weighted by atomic mass is 9.93. The first-order chi connectivity index (χ1) is 14.5. The third-order valence-corrected chi connectivity index (χ3v) is 6.79. The molecule has 162 valence electrons. The number of carbonyl (C=O) groups is 1. The molecule has 0 radical (unpaired) electrons. The van der Waals surface area contributed by atoms with Crippen molar-refractivity contribution < 1.29 is 9.53 Å². The molecule has 0 bridgehead atoms. The Balaban J connectivity index is 1.24. The smallest absolute Gasteiger partial charge is 0.225 e. The predicted molar refractivity (Wildman–Crippen MR) is 115 cm³/mol.